The van der Waals surface area contributed by atoms with E-state index >= 15 is 0 Å². The quantitative estimate of drug-likeness (QED) is 0.752. The van der Waals surface area contributed by atoms with Crippen molar-refractivity contribution in [1.82, 2.24) is 9.47 Å². The van der Waals surface area contributed by atoms with Gasteiger partial charge in [-0.2, -0.15) is 0 Å². The molecule has 158 valence electrons. The molecule has 0 radical (unpaired) electrons. The van der Waals surface area contributed by atoms with Crippen LogP contribution < -0.4 is 5.56 Å². The summed E-state index contributed by atoms with van der Waals surface area (Å²) in [5.41, 5.74) is 0.645. The first-order valence-corrected chi connectivity index (χ1v) is 10.2. The molecule has 6 nitrogen and oxygen atoms in total. The molecule has 0 amide bonds. The van der Waals surface area contributed by atoms with Crippen LogP contribution in [0.1, 0.15) is 55.9 Å². The lowest BCUT2D eigenvalue weighted by Gasteiger charge is -2.38. The minimum absolute atomic E-state index is 0. The maximum atomic E-state index is 13.0. The Balaban J connectivity index is 0.00000240. The van der Waals surface area contributed by atoms with Crippen LogP contribution in [0.25, 0.3) is 10.9 Å². The largest absolute Gasteiger partial charge is 0.459 e. The van der Waals surface area contributed by atoms with Crippen molar-refractivity contribution in [3.8, 4) is 0 Å². The lowest BCUT2D eigenvalue weighted by Crippen LogP contribution is -2.47. The number of hydrogen-bond acceptors (Lipinski definition) is 5. The first kappa shape index (κ1) is 21.8. The summed E-state index contributed by atoms with van der Waals surface area (Å²) in [6, 6.07) is 9.94. The Labute approximate surface area is 176 Å². The van der Waals surface area contributed by atoms with Gasteiger partial charge in [0.2, 0.25) is 0 Å². The second kappa shape index (κ2) is 8.86. The Hall–Kier alpha value is -1.89. The summed E-state index contributed by atoms with van der Waals surface area (Å²) in [6.45, 7) is 4.72. The molecule has 0 spiro atoms. The molecule has 2 bridgehead atoms. The highest BCUT2D eigenvalue weighted by Crippen LogP contribution is 2.36. The van der Waals surface area contributed by atoms with Crippen LogP contribution in [-0.2, 0) is 4.74 Å². The van der Waals surface area contributed by atoms with Gasteiger partial charge in [-0.1, -0.05) is 18.2 Å². The number of benzene rings is 1. The Morgan fingerprint density at radius 3 is 2.48 bits per heavy atom. The zero-order valence-electron chi connectivity index (χ0n) is 16.9. The van der Waals surface area contributed by atoms with Crippen LogP contribution in [-0.4, -0.2) is 51.9 Å². The number of aliphatic hydroxyl groups excluding tert-OH is 1. The van der Waals surface area contributed by atoms with E-state index in [0.717, 1.165) is 36.6 Å². The lowest BCUT2D eigenvalue weighted by atomic mass is 9.99. The Morgan fingerprint density at radius 1 is 1.21 bits per heavy atom. The molecule has 2 fully saturated rings. The van der Waals surface area contributed by atoms with E-state index in [0.29, 0.717) is 18.6 Å². The van der Waals surface area contributed by atoms with Crippen molar-refractivity contribution in [3.63, 3.8) is 0 Å². The number of para-hydroxylation sites is 1. The maximum absolute atomic E-state index is 13.0. The van der Waals surface area contributed by atoms with E-state index < -0.39 is 5.97 Å². The average Bonchev–Trinajstić information content (AvgIpc) is 2.90. The summed E-state index contributed by atoms with van der Waals surface area (Å²) < 4.78 is 7.47. The van der Waals surface area contributed by atoms with Gasteiger partial charge < -0.3 is 14.4 Å². The molecular weight excluding hydrogens is 392 g/mol. The lowest BCUT2D eigenvalue weighted by molar-refractivity contribution is -0.00935. The molecule has 2 saturated heterocycles. The highest BCUT2D eigenvalue weighted by molar-refractivity contribution is 5.94. The number of pyridine rings is 1. The smallest absolute Gasteiger partial charge is 0.344 e. The number of piperidine rings is 1. The van der Waals surface area contributed by atoms with Crippen LogP contribution in [0.15, 0.2) is 35.1 Å². The van der Waals surface area contributed by atoms with E-state index in [4.69, 9.17) is 4.74 Å². The van der Waals surface area contributed by atoms with E-state index in [1.165, 1.54) is 0 Å². The van der Waals surface area contributed by atoms with Gasteiger partial charge in [0, 0.05) is 37.5 Å². The second-order valence-electron chi connectivity index (χ2n) is 8.23. The third kappa shape index (κ3) is 4.06. The predicted octanol–water partition coefficient (Wildman–Crippen LogP) is 3.15. The van der Waals surface area contributed by atoms with Gasteiger partial charge >= 0.3 is 5.97 Å². The molecule has 0 saturated carbocycles. The van der Waals surface area contributed by atoms with E-state index in [1.54, 1.807) is 10.6 Å². The van der Waals surface area contributed by atoms with Crippen LogP contribution >= 0.6 is 12.4 Å². The van der Waals surface area contributed by atoms with Crippen molar-refractivity contribution < 1.29 is 14.6 Å². The zero-order valence-corrected chi connectivity index (χ0v) is 17.7. The number of esters is 1. The van der Waals surface area contributed by atoms with Crippen molar-refractivity contribution >= 4 is 29.3 Å². The third-order valence-corrected chi connectivity index (χ3v) is 6.15. The summed E-state index contributed by atoms with van der Waals surface area (Å²) in [4.78, 5) is 28.3. The molecule has 3 heterocycles. The number of aliphatic hydroxyl groups is 1. The van der Waals surface area contributed by atoms with Gasteiger partial charge in [-0.05, 0) is 44.2 Å². The van der Waals surface area contributed by atoms with E-state index in [-0.39, 0.29) is 42.3 Å². The monoisotopic (exact) mass is 420 g/mol. The Bertz CT molecular complexity index is 928. The normalized spacial score (nSPS) is 23.9. The number of fused-ring (bicyclic) bond motifs is 3. The maximum Gasteiger partial charge on any atom is 0.344 e. The minimum atomic E-state index is -0.523. The molecule has 2 aliphatic rings. The fourth-order valence-corrected chi connectivity index (χ4v) is 4.96. The van der Waals surface area contributed by atoms with E-state index in [9.17, 15) is 14.7 Å². The van der Waals surface area contributed by atoms with Crippen molar-refractivity contribution in [2.75, 3.05) is 13.2 Å². The standard InChI is InChI=1S/C22H28N2O4.ClH/c1-14(2)24-20-6-4-3-5-15(20)11-19(21(24)26)22(27)28-18-12-16-7-8-17(13-18)23(16)9-10-25;/h3-6,11,14,16-18,25H,7-10,12-13H2,1-2H3;1H/t16-,17+,18+;. The number of rotatable bonds is 5. The first-order valence-electron chi connectivity index (χ1n) is 10.2. The predicted molar refractivity (Wildman–Crippen MR) is 115 cm³/mol. The molecule has 1 N–H and O–H groups in total. The third-order valence-electron chi connectivity index (χ3n) is 6.15. The summed E-state index contributed by atoms with van der Waals surface area (Å²) in [5.74, 6) is -0.523. The van der Waals surface area contributed by atoms with Crippen LogP contribution in [0, 0.1) is 0 Å². The number of aromatic nitrogens is 1. The minimum Gasteiger partial charge on any atom is -0.459 e. The summed E-state index contributed by atoms with van der Waals surface area (Å²) in [7, 11) is 0. The highest BCUT2D eigenvalue weighted by atomic mass is 35.5. The fourth-order valence-electron chi connectivity index (χ4n) is 4.96. The number of halogens is 1. The van der Waals surface area contributed by atoms with Gasteiger partial charge in [0.05, 0.1) is 12.1 Å². The average molecular weight is 421 g/mol. The van der Waals surface area contributed by atoms with Crippen molar-refractivity contribution in [2.24, 2.45) is 0 Å². The fraction of sp³-hybridized carbons (Fsp3) is 0.545. The summed E-state index contributed by atoms with van der Waals surface area (Å²) in [5, 5.41) is 10.1. The number of hydrogen-bond donors (Lipinski definition) is 1. The van der Waals surface area contributed by atoms with Gasteiger partial charge in [0.1, 0.15) is 11.7 Å². The number of nitrogens with zero attached hydrogens (tertiary/aromatic N) is 2. The molecule has 1 aromatic heterocycles. The van der Waals surface area contributed by atoms with Gasteiger partial charge in [0.15, 0.2) is 0 Å². The summed E-state index contributed by atoms with van der Waals surface area (Å²) >= 11 is 0. The highest BCUT2D eigenvalue weighted by Gasteiger charge is 2.41. The molecule has 0 unspecified atom stereocenters. The van der Waals surface area contributed by atoms with E-state index in [1.807, 2.05) is 38.1 Å². The molecule has 1 aromatic carbocycles. The van der Waals surface area contributed by atoms with Gasteiger partial charge in [-0.25, -0.2) is 4.79 Å². The molecule has 3 atom stereocenters. The van der Waals surface area contributed by atoms with E-state index in [2.05, 4.69) is 4.90 Å². The van der Waals surface area contributed by atoms with Crippen LogP contribution in [0.5, 0.6) is 0 Å². The van der Waals surface area contributed by atoms with Gasteiger partial charge in [-0.15, -0.1) is 12.4 Å². The Kier molecular flexibility index (Phi) is 6.66. The van der Waals surface area contributed by atoms with Crippen LogP contribution in [0.2, 0.25) is 0 Å². The Morgan fingerprint density at radius 2 is 1.86 bits per heavy atom. The molecule has 0 aliphatic carbocycles. The zero-order chi connectivity index (χ0) is 19.8. The van der Waals surface area contributed by atoms with Gasteiger partial charge in [-0.3, -0.25) is 9.69 Å². The SMILES string of the molecule is CC(C)n1c(=O)c(C(=O)O[C@H]2C[C@H]3CC[C@@H](C2)N3CCO)cc2ccccc21.Cl. The van der Waals surface area contributed by atoms with Crippen molar-refractivity contribution in [3.05, 3.63) is 46.2 Å². The van der Waals surface area contributed by atoms with Crippen LogP contribution in [0.4, 0.5) is 0 Å². The van der Waals surface area contributed by atoms with Crippen molar-refractivity contribution in [2.45, 2.75) is 63.8 Å². The topological polar surface area (TPSA) is 71.8 Å². The van der Waals surface area contributed by atoms with Gasteiger partial charge in [0.25, 0.3) is 5.56 Å². The second-order valence-corrected chi connectivity index (χ2v) is 8.23. The molecule has 2 aromatic rings. The molecule has 2 aliphatic heterocycles. The number of ether oxygens (including phenoxy) is 1. The number of carbonyl (C=O) groups is 1. The molecule has 7 heteroatoms. The molecule has 29 heavy (non-hydrogen) atoms. The number of carbonyl (C=O) groups excluding carboxylic acids is 1. The van der Waals surface area contributed by atoms with Crippen LogP contribution in [0.3, 0.4) is 0 Å². The molecular formula is C22H29ClN2O4. The first-order chi connectivity index (χ1) is 13.5. The molecule has 4 rings (SSSR count). The summed E-state index contributed by atoms with van der Waals surface area (Å²) in [6.07, 6.45) is 3.53. The van der Waals surface area contributed by atoms with Crippen molar-refractivity contribution in [1.29, 1.82) is 0 Å².